The van der Waals surface area contributed by atoms with Crippen molar-refractivity contribution in [3.8, 4) is 0 Å². The van der Waals surface area contributed by atoms with Crippen LogP contribution in [0.3, 0.4) is 0 Å². The minimum atomic E-state index is -0.932. The fourth-order valence-corrected chi connectivity index (χ4v) is 3.04. The lowest BCUT2D eigenvalue weighted by molar-refractivity contribution is -0.145. The topological polar surface area (TPSA) is 66.8 Å². The molecule has 1 N–H and O–H groups in total. The zero-order valence-electron chi connectivity index (χ0n) is 14.6. The summed E-state index contributed by atoms with van der Waals surface area (Å²) >= 11 is 0. The first-order valence-corrected chi connectivity index (χ1v) is 8.38. The van der Waals surface area contributed by atoms with E-state index in [1.165, 1.54) is 11.3 Å². The molecule has 0 aromatic rings. The number of rotatable bonds is 5. The highest BCUT2D eigenvalue weighted by Crippen LogP contribution is 2.32. The number of unbranched alkanes of at least 4 members (excludes halogenated alkanes) is 1. The molecule has 5 heteroatoms. The van der Waals surface area contributed by atoms with Crippen molar-refractivity contribution in [1.82, 2.24) is 4.90 Å². The number of carboxylic acids is 1. The maximum absolute atomic E-state index is 12.2. The number of carboxylic acid groups (broad SMARTS) is 1. The second kappa shape index (κ2) is 7.84. The molecule has 1 amide bonds. The third-order valence-electron chi connectivity index (χ3n) is 4.37. The summed E-state index contributed by atoms with van der Waals surface area (Å²) in [5.74, 6) is -0.0628. The minimum Gasteiger partial charge on any atom is -0.480 e. The minimum absolute atomic E-state index is 0.367. The van der Waals surface area contributed by atoms with Crippen molar-refractivity contribution in [2.45, 2.75) is 78.4 Å². The van der Waals surface area contributed by atoms with Gasteiger partial charge in [0.05, 0.1) is 0 Å². The lowest BCUT2D eigenvalue weighted by atomic mass is 9.80. The molecular formula is C17H31NO4. The van der Waals surface area contributed by atoms with Gasteiger partial charge in [-0.25, -0.2) is 9.59 Å². The van der Waals surface area contributed by atoms with Crippen LogP contribution >= 0.6 is 0 Å². The Morgan fingerprint density at radius 1 is 1.36 bits per heavy atom. The molecule has 3 unspecified atom stereocenters. The standard InChI is InChI=1S/C17H31NO4/c1-6-7-8-12(2)13-9-10-18(14(11-13)15(19)20)16(21)22-17(3,4)5/h12-14H,6-11H2,1-5H3,(H,19,20). The molecule has 0 bridgehead atoms. The average molecular weight is 313 g/mol. The van der Waals surface area contributed by atoms with Crippen molar-refractivity contribution in [2.24, 2.45) is 11.8 Å². The Kier molecular flexibility index (Phi) is 6.69. The largest absolute Gasteiger partial charge is 0.480 e. The molecule has 1 aliphatic rings. The fraction of sp³-hybridized carbons (Fsp3) is 0.882. The maximum Gasteiger partial charge on any atom is 0.411 e. The molecule has 22 heavy (non-hydrogen) atoms. The fourth-order valence-electron chi connectivity index (χ4n) is 3.04. The monoisotopic (exact) mass is 313 g/mol. The van der Waals surface area contributed by atoms with Gasteiger partial charge in [0.1, 0.15) is 11.6 Å². The Bertz CT molecular complexity index is 389. The van der Waals surface area contributed by atoms with Crippen molar-refractivity contribution < 1.29 is 19.4 Å². The molecule has 0 saturated carbocycles. The first-order valence-electron chi connectivity index (χ1n) is 8.38. The van der Waals surface area contributed by atoms with Gasteiger partial charge >= 0.3 is 12.1 Å². The summed E-state index contributed by atoms with van der Waals surface area (Å²) in [5, 5.41) is 9.48. The third-order valence-corrected chi connectivity index (χ3v) is 4.37. The molecule has 1 rings (SSSR count). The molecule has 0 aromatic heterocycles. The highest BCUT2D eigenvalue weighted by molar-refractivity contribution is 5.80. The van der Waals surface area contributed by atoms with Crippen LogP contribution in [0.25, 0.3) is 0 Å². The summed E-state index contributed by atoms with van der Waals surface area (Å²) in [4.78, 5) is 25.2. The molecule has 0 spiro atoms. The Morgan fingerprint density at radius 2 is 2.00 bits per heavy atom. The Balaban J connectivity index is 2.71. The second-order valence-corrected chi connectivity index (χ2v) is 7.43. The van der Waals surface area contributed by atoms with Crippen molar-refractivity contribution in [3.05, 3.63) is 0 Å². The molecule has 1 fully saturated rings. The van der Waals surface area contributed by atoms with Gasteiger partial charge < -0.3 is 9.84 Å². The smallest absolute Gasteiger partial charge is 0.411 e. The van der Waals surface area contributed by atoms with E-state index in [0.717, 1.165) is 19.3 Å². The summed E-state index contributed by atoms with van der Waals surface area (Å²) in [5.41, 5.74) is -0.606. The number of hydrogen-bond donors (Lipinski definition) is 1. The molecule has 0 aliphatic carbocycles. The van der Waals surface area contributed by atoms with Crippen molar-refractivity contribution >= 4 is 12.1 Å². The van der Waals surface area contributed by atoms with Gasteiger partial charge in [-0.15, -0.1) is 0 Å². The van der Waals surface area contributed by atoms with Gasteiger partial charge in [-0.2, -0.15) is 0 Å². The number of carbonyl (C=O) groups excluding carboxylic acids is 1. The molecule has 0 aromatic carbocycles. The van der Waals surface area contributed by atoms with Crippen LogP contribution < -0.4 is 0 Å². The predicted molar refractivity (Wildman–Crippen MR) is 85.8 cm³/mol. The van der Waals surface area contributed by atoms with Gasteiger partial charge in [-0.3, -0.25) is 4.90 Å². The number of ether oxygens (including phenoxy) is 1. The van der Waals surface area contributed by atoms with Gasteiger partial charge in [-0.1, -0.05) is 33.1 Å². The van der Waals surface area contributed by atoms with Crippen LogP contribution in [0.4, 0.5) is 4.79 Å². The predicted octanol–water partition coefficient (Wildman–Crippen LogP) is 3.91. The van der Waals surface area contributed by atoms with E-state index in [1.807, 2.05) is 0 Å². The Hall–Kier alpha value is -1.26. The van der Waals surface area contributed by atoms with Crippen LogP contribution in [0, 0.1) is 11.8 Å². The molecule has 3 atom stereocenters. The van der Waals surface area contributed by atoms with Gasteiger partial charge in [0.15, 0.2) is 0 Å². The van der Waals surface area contributed by atoms with E-state index >= 15 is 0 Å². The Morgan fingerprint density at radius 3 is 2.50 bits per heavy atom. The van der Waals surface area contributed by atoms with E-state index in [2.05, 4.69) is 13.8 Å². The number of amides is 1. The van der Waals surface area contributed by atoms with Crippen molar-refractivity contribution in [1.29, 1.82) is 0 Å². The quantitative estimate of drug-likeness (QED) is 0.835. The van der Waals surface area contributed by atoms with Crippen molar-refractivity contribution in [2.75, 3.05) is 6.54 Å². The lowest BCUT2D eigenvalue weighted by Gasteiger charge is -2.39. The SMILES string of the molecule is CCCCC(C)C1CCN(C(=O)OC(C)(C)C)C(C(=O)O)C1. The third kappa shape index (κ3) is 5.50. The zero-order valence-corrected chi connectivity index (χ0v) is 14.6. The van der Waals surface area contributed by atoms with E-state index in [0.29, 0.717) is 24.8 Å². The highest BCUT2D eigenvalue weighted by Gasteiger charge is 2.39. The van der Waals surface area contributed by atoms with E-state index in [1.54, 1.807) is 20.8 Å². The first kappa shape index (κ1) is 18.8. The molecule has 128 valence electrons. The van der Waals surface area contributed by atoms with Crippen LogP contribution in [0.5, 0.6) is 0 Å². The average Bonchev–Trinajstić information content (AvgIpc) is 2.42. The zero-order chi connectivity index (χ0) is 16.9. The summed E-state index contributed by atoms with van der Waals surface area (Å²) in [6, 6.07) is -0.766. The molecule has 1 aliphatic heterocycles. The van der Waals surface area contributed by atoms with Gasteiger partial charge in [0.2, 0.25) is 0 Å². The molecular weight excluding hydrogens is 282 g/mol. The normalized spacial score (nSPS) is 24.0. The van der Waals surface area contributed by atoms with Crippen LogP contribution in [-0.2, 0) is 9.53 Å². The van der Waals surface area contributed by atoms with Gasteiger partial charge in [-0.05, 0) is 45.4 Å². The number of likely N-dealkylation sites (tertiary alicyclic amines) is 1. The van der Waals surface area contributed by atoms with Crippen LogP contribution in [-0.4, -0.2) is 40.3 Å². The van der Waals surface area contributed by atoms with Crippen LogP contribution in [0.1, 0.15) is 66.7 Å². The summed E-state index contributed by atoms with van der Waals surface area (Å²) < 4.78 is 5.34. The number of piperidine rings is 1. The van der Waals surface area contributed by atoms with E-state index in [9.17, 15) is 14.7 Å². The van der Waals surface area contributed by atoms with E-state index < -0.39 is 23.7 Å². The number of hydrogen-bond acceptors (Lipinski definition) is 3. The Labute approximate surface area is 134 Å². The summed E-state index contributed by atoms with van der Waals surface area (Å²) in [6.45, 7) is 10.2. The van der Waals surface area contributed by atoms with Gasteiger partial charge in [0.25, 0.3) is 0 Å². The number of nitrogens with zero attached hydrogens (tertiary/aromatic N) is 1. The number of carbonyl (C=O) groups is 2. The van der Waals surface area contributed by atoms with Crippen LogP contribution in [0.15, 0.2) is 0 Å². The first-order chi connectivity index (χ1) is 10.2. The highest BCUT2D eigenvalue weighted by atomic mass is 16.6. The maximum atomic E-state index is 12.2. The summed E-state index contributed by atoms with van der Waals surface area (Å²) in [6.07, 6.45) is 4.32. The lowest BCUT2D eigenvalue weighted by Crippen LogP contribution is -2.52. The summed E-state index contributed by atoms with van der Waals surface area (Å²) in [7, 11) is 0. The van der Waals surface area contributed by atoms with E-state index in [-0.39, 0.29) is 0 Å². The van der Waals surface area contributed by atoms with Crippen LogP contribution in [0.2, 0.25) is 0 Å². The van der Waals surface area contributed by atoms with Gasteiger partial charge in [0, 0.05) is 6.54 Å². The second-order valence-electron chi connectivity index (χ2n) is 7.43. The number of aliphatic carboxylic acids is 1. The molecule has 1 heterocycles. The molecule has 5 nitrogen and oxygen atoms in total. The van der Waals surface area contributed by atoms with Crippen molar-refractivity contribution in [3.63, 3.8) is 0 Å². The van der Waals surface area contributed by atoms with E-state index in [4.69, 9.17) is 4.74 Å². The molecule has 1 saturated heterocycles. The molecule has 0 radical (unpaired) electrons.